The van der Waals surface area contributed by atoms with Crippen LogP contribution in [0.3, 0.4) is 0 Å². The summed E-state index contributed by atoms with van der Waals surface area (Å²) in [4.78, 5) is 8.83. The second kappa shape index (κ2) is 4.78. The van der Waals surface area contributed by atoms with Crippen LogP contribution in [0.4, 0.5) is 5.95 Å². The fraction of sp³-hybridized carbons (Fsp3) is 0.333. The van der Waals surface area contributed by atoms with Gasteiger partial charge in [-0.15, -0.1) is 23.1 Å². The summed E-state index contributed by atoms with van der Waals surface area (Å²) in [6, 6.07) is 2.01. The van der Waals surface area contributed by atoms with Crippen molar-refractivity contribution in [3.05, 3.63) is 11.4 Å². The van der Waals surface area contributed by atoms with Crippen LogP contribution in [0.15, 0.2) is 16.5 Å². The molecule has 0 unspecified atom stereocenters. The lowest BCUT2D eigenvalue weighted by Gasteiger charge is -2.04. The first-order valence-electron chi connectivity index (χ1n) is 4.58. The maximum Gasteiger partial charge on any atom is 0.224 e. The van der Waals surface area contributed by atoms with Gasteiger partial charge in [0.05, 0.1) is 10.2 Å². The Morgan fingerprint density at radius 1 is 1.53 bits per heavy atom. The predicted octanol–water partition coefficient (Wildman–Crippen LogP) is 1.78. The minimum atomic E-state index is 0.583. The van der Waals surface area contributed by atoms with Gasteiger partial charge in [-0.3, -0.25) is 0 Å². The molecule has 0 aliphatic rings. The maximum atomic E-state index is 5.42. The number of aromatic nitrogens is 2. The van der Waals surface area contributed by atoms with Crippen molar-refractivity contribution in [2.45, 2.75) is 5.03 Å². The summed E-state index contributed by atoms with van der Waals surface area (Å²) >= 11 is 3.31. The predicted molar refractivity (Wildman–Crippen MR) is 66.7 cm³/mol. The number of nitrogens with one attached hydrogen (secondary N) is 1. The zero-order valence-corrected chi connectivity index (χ0v) is 9.99. The second-order valence-corrected chi connectivity index (χ2v) is 4.62. The van der Waals surface area contributed by atoms with E-state index in [4.69, 9.17) is 5.73 Å². The molecule has 0 saturated carbocycles. The standard InChI is InChI=1S/C9H12N4S2/c1-14-8-7-6(2-5-15-7)12-9(13-8)11-4-3-10/h2,5H,3-4,10H2,1H3,(H,11,12,13). The molecule has 80 valence electrons. The van der Waals surface area contributed by atoms with Crippen molar-refractivity contribution in [1.82, 2.24) is 9.97 Å². The van der Waals surface area contributed by atoms with Gasteiger partial charge in [0.1, 0.15) is 5.03 Å². The molecule has 0 aliphatic heterocycles. The number of anilines is 1. The monoisotopic (exact) mass is 240 g/mol. The van der Waals surface area contributed by atoms with E-state index >= 15 is 0 Å². The number of nitrogens with zero attached hydrogens (tertiary/aromatic N) is 2. The van der Waals surface area contributed by atoms with Gasteiger partial charge in [0.25, 0.3) is 0 Å². The lowest BCUT2D eigenvalue weighted by Crippen LogP contribution is -2.14. The third-order valence-corrected chi connectivity index (χ3v) is 3.61. The molecule has 0 aromatic carbocycles. The van der Waals surface area contributed by atoms with E-state index < -0.39 is 0 Å². The molecule has 2 heterocycles. The van der Waals surface area contributed by atoms with Gasteiger partial charge in [-0.25, -0.2) is 9.97 Å². The molecule has 6 heteroatoms. The van der Waals surface area contributed by atoms with Gasteiger partial charge < -0.3 is 11.1 Å². The number of fused-ring (bicyclic) bond motifs is 1. The van der Waals surface area contributed by atoms with Crippen LogP contribution in [0.5, 0.6) is 0 Å². The van der Waals surface area contributed by atoms with E-state index in [2.05, 4.69) is 15.3 Å². The highest BCUT2D eigenvalue weighted by Crippen LogP contribution is 2.28. The van der Waals surface area contributed by atoms with E-state index in [0.29, 0.717) is 19.0 Å². The largest absolute Gasteiger partial charge is 0.353 e. The van der Waals surface area contributed by atoms with Crippen molar-refractivity contribution in [3.8, 4) is 0 Å². The minimum Gasteiger partial charge on any atom is -0.353 e. The highest BCUT2D eigenvalue weighted by molar-refractivity contribution is 7.98. The summed E-state index contributed by atoms with van der Waals surface area (Å²) in [6.45, 7) is 1.28. The Morgan fingerprint density at radius 3 is 3.13 bits per heavy atom. The maximum absolute atomic E-state index is 5.42. The number of thiophene rings is 1. The molecule has 2 aromatic heterocycles. The Kier molecular flexibility index (Phi) is 3.40. The zero-order valence-electron chi connectivity index (χ0n) is 8.36. The first-order chi connectivity index (χ1) is 7.35. The molecular weight excluding hydrogens is 228 g/mol. The number of hydrogen-bond acceptors (Lipinski definition) is 6. The molecule has 0 amide bonds. The first kappa shape index (κ1) is 10.7. The third-order valence-electron chi connectivity index (χ3n) is 1.89. The lowest BCUT2D eigenvalue weighted by atomic mass is 10.5. The van der Waals surface area contributed by atoms with Gasteiger partial charge in [-0.1, -0.05) is 0 Å². The van der Waals surface area contributed by atoms with Crippen molar-refractivity contribution in [2.24, 2.45) is 5.73 Å². The van der Waals surface area contributed by atoms with Gasteiger partial charge >= 0.3 is 0 Å². The van der Waals surface area contributed by atoms with E-state index in [1.165, 1.54) is 0 Å². The minimum absolute atomic E-state index is 0.583. The third kappa shape index (κ3) is 2.22. The van der Waals surface area contributed by atoms with Gasteiger partial charge in [-0.05, 0) is 17.7 Å². The van der Waals surface area contributed by atoms with Crippen LogP contribution >= 0.6 is 23.1 Å². The molecule has 0 atom stereocenters. The molecule has 4 nitrogen and oxygen atoms in total. The fourth-order valence-corrected chi connectivity index (χ4v) is 2.81. The van der Waals surface area contributed by atoms with Crippen molar-refractivity contribution in [2.75, 3.05) is 24.7 Å². The Bertz CT molecular complexity index is 454. The van der Waals surface area contributed by atoms with Crippen molar-refractivity contribution in [1.29, 1.82) is 0 Å². The average molecular weight is 240 g/mol. The van der Waals surface area contributed by atoms with Gasteiger partial charge in [-0.2, -0.15) is 0 Å². The molecule has 0 fully saturated rings. The molecule has 15 heavy (non-hydrogen) atoms. The number of hydrogen-bond donors (Lipinski definition) is 2. The fourth-order valence-electron chi connectivity index (χ4n) is 1.24. The van der Waals surface area contributed by atoms with Crippen LogP contribution in [-0.2, 0) is 0 Å². The van der Waals surface area contributed by atoms with Crippen LogP contribution in [0, 0.1) is 0 Å². The van der Waals surface area contributed by atoms with E-state index in [1.807, 2.05) is 17.7 Å². The quantitative estimate of drug-likeness (QED) is 0.630. The summed E-state index contributed by atoms with van der Waals surface area (Å²) in [7, 11) is 0. The topological polar surface area (TPSA) is 63.8 Å². The van der Waals surface area contributed by atoms with Gasteiger partial charge in [0.2, 0.25) is 5.95 Å². The molecule has 0 aliphatic carbocycles. The summed E-state index contributed by atoms with van der Waals surface area (Å²) < 4.78 is 1.15. The average Bonchev–Trinajstić information content (AvgIpc) is 2.73. The summed E-state index contributed by atoms with van der Waals surface area (Å²) in [6.07, 6.45) is 2.02. The molecule has 0 radical (unpaired) electrons. The van der Waals surface area contributed by atoms with Crippen LogP contribution in [0.2, 0.25) is 0 Å². The molecule has 2 rings (SSSR count). The second-order valence-electron chi connectivity index (χ2n) is 2.91. The van der Waals surface area contributed by atoms with Crippen molar-refractivity contribution >= 4 is 39.3 Å². The van der Waals surface area contributed by atoms with E-state index in [1.54, 1.807) is 23.1 Å². The number of rotatable bonds is 4. The Morgan fingerprint density at radius 2 is 2.40 bits per heavy atom. The molecule has 0 bridgehead atoms. The molecule has 0 saturated heterocycles. The molecule has 0 spiro atoms. The van der Waals surface area contributed by atoms with Crippen molar-refractivity contribution in [3.63, 3.8) is 0 Å². The number of thioether (sulfide) groups is 1. The first-order valence-corrected chi connectivity index (χ1v) is 6.68. The van der Waals surface area contributed by atoms with E-state index in [0.717, 1.165) is 15.2 Å². The molecular formula is C9H12N4S2. The van der Waals surface area contributed by atoms with E-state index in [-0.39, 0.29) is 0 Å². The van der Waals surface area contributed by atoms with Gasteiger partial charge in [0.15, 0.2) is 0 Å². The van der Waals surface area contributed by atoms with Crippen LogP contribution in [-0.4, -0.2) is 29.3 Å². The van der Waals surface area contributed by atoms with Crippen molar-refractivity contribution < 1.29 is 0 Å². The SMILES string of the molecule is CSc1nc(NCCN)nc2ccsc12. The lowest BCUT2D eigenvalue weighted by molar-refractivity contribution is 0.981. The normalized spacial score (nSPS) is 10.8. The van der Waals surface area contributed by atoms with Gasteiger partial charge in [0, 0.05) is 13.1 Å². The molecule has 3 N–H and O–H groups in total. The summed E-state index contributed by atoms with van der Waals surface area (Å²) in [5.74, 6) is 0.663. The van der Waals surface area contributed by atoms with Crippen LogP contribution < -0.4 is 11.1 Å². The highest BCUT2D eigenvalue weighted by atomic mass is 32.2. The Hall–Kier alpha value is -0.850. The number of nitrogens with two attached hydrogens (primary N) is 1. The highest BCUT2D eigenvalue weighted by Gasteiger charge is 2.07. The van der Waals surface area contributed by atoms with Crippen LogP contribution in [0.25, 0.3) is 10.2 Å². The summed E-state index contributed by atoms with van der Waals surface area (Å²) in [5.41, 5.74) is 6.42. The Labute approximate surface area is 96.3 Å². The summed E-state index contributed by atoms with van der Waals surface area (Å²) in [5, 5.41) is 6.15. The molecule has 2 aromatic rings. The smallest absolute Gasteiger partial charge is 0.224 e. The van der Waals surface area contributed by atoms with Crippen LogP contribution in [0.1, 0.15) is 0 Å². The Balaban J connectivity index is 2.40. The zero-order chi connectivity index (χ0) is 10.7. The van der Waals surface area contributed by atoms with E-state index in [9.17, 15) is 0 Å².